The molecule has 0 radical (unpaired) electrons. The van der Waals surface area contributed by atoms with Crippen molar-refractivity contribution in [2.75, 3.05) is 0 Å². The topological polar surface area (TPSA) is 65.4 Å². The van der Waals surface area contributed by atoms with Crippen LogP contribution in [0.3, 0.4) is 0 Å². The van der Waals surface area contributed by atoms with Gasteiger partial charge in [0, 0.05) is 29.9 Å². The fraction of sp³-hybridized carbons (Fsp3) is 0.353. The molecule has 2 rings (SSSR count). The second-order valence-electron chi connectivity index (χ2n) is 5.37. The van der Waals surface area contributed by atoms with Crippen molar-refractivity contribution in [3.05, 3.63) is 58.4 Å². The number of hydrogen-bond donors (Lipinski definition) is 3. The molecule has 0 spiro atoms. The second-order valence-corrected chi connectivity index (χ2v) is 5.37. The van der Waals surface area contributed by atoms with Gasteiger partial charge in [-0.15, -0.1) is 0 Å². The van der Waals surface area contributed by atoms with Crippen LogP contribution >= 0.6 is 0 Å². The highest BCUT2D eigenvalue weighted by atomic mass is 16.3. The van der Waals surface area contributed by atoms with Gasteiger partial charge in [-0.1, -0.05) is 29.8 Å². The summed E-state index contributed by atoms with van der Waals surface area (Å²) in [5.74, 6) is 0.158. The summed E-state index contributed by atoms with van der Waals surface area (Å²) in [6.07, 6.45) is 1.61. The minimum Gasteiger partial charge on any atom is -0.506 e. The lowest BCUT2D eigenvalue weighted by molar-refractivity contribution is 0.278. The third-order valence-corrected chi connectivity index (χ3v) is 3.76. The van der Waals surface area contributed by atoms with Crippen LogP contribution in [-0.2, 0) is 13.2 Å². The molecule has 0 saturated carbocycles. The predicted molar refractivity (Wildman–Crippen MR) is 83.0 cm³/mol. The lowest BCUT2D eigenvalue weighted by atomic mass is 10.0. The van der Waals surface area contributed by atoms with Crippen LogP contribution in [0.5, 0.6) is 5.75 Å². The Kier molecular flexibility index (Phi) is 4.94. The van der Waals surface area contributed by atoms with Crippen LogP contribution in [0.2, 0.25) is 0 Å². The molecule has 0 amide bonds. The quantitative estimate of drug-likeness (QED) is 0.790. The third kappa shape index (κ3) is 3.60. The molecule has 0 aliphatic rings. The Morgan fingerprint density at radius 1 is 1.19 bits per heavy atom. The van der Waals surface area contributed by atoms with E-state index < -0.39 is 0 Å². The number of benzene rings is 1. The minimum atomic E-state index is -0.128. The maximum atomic E-state index is 10.1. The van der Waals surface area contributed by atoms with Gasteiger partial charge in [-0.2, -0.15) is 0 Å². The van der Waals surface area contributed by atoms with Gasteiger partial charge >= 0.3 is 0 Å². The molecule has 0 saturated heterocycles. The Hall–Kier alpha value is -1.91. The summed E-state index contributed by atoms with van der Waals surface area (Å²) < 4.78 is 0. The number of nitrogens with zero attached hydrogens (tertiary/aromatic N) is 1. The van der Waals surface area contributed by atoms with Gasteiger partial charge in [0.25, 0.3) is 0 Å². The van der Waals surface area contributed by atoms with Gasteiger partial charge in [0.15, 0.2) is 0 Å². The van der Waals surface area contributed by atoms with E-state index >= 15 is 0 Å². The van der Waals surface area contributed by atoms with Crippen LogP contribution in [0.1, 0.15) is 40.9 Å². The number of aliphatic hydroxyl groups is 1. The molecular formula is C17H22N2O2. The van der Waals surface area contributed by atoms with Gasteiger partial charge < -0.3 is 15.5 Å². The molecule has 1 heterocycles. The molecule has 4 heteroatoms. The standard InChI is InChI=1S/C17H22N2O2/c1-11-4-6-14(7-5-11)12(2)19-9-16-15(10-20)8-18-13(3)17(16)21/h4-8,12,19-21H,9-10H2,1-3H3. The normalized spacial score (nSPS) is 12.4. The van der Waals surface area contributed by atoms with E-state index in [1.165, 1.54) is 11.1 Å². The summed E-state index contributed by atoms with van der Waals surface area (Å²) in [7, 11) is 0. The Labute approximate surface area is 125 Å². The highest BCUT2D eigenvalue weighted by Crippen LogP contribution is 2.24. The Balaban J connectivity index is 2.12. The van der Waals surface area contributed by atoms with Crippen LogP contribution in [-0.4, -0.2) is 15.2 Å². The van der Waals surface area contributed by atoms with E-state index in [2.05, 4.69) is 48.4 Å². The molecule has 0 bridgehead atoms. The van der Waals surface area contributed by atoms with Crippen molar-refractivity contribution in [2.45, 2.75) is 40.0 Å². The molecule has 1 aromatic carbocycles. The first-order valence-electron chi connectivity index (χ1n) is 7.10. The molecule has 3 N–H and O–H groups in total. The van der Waals surface area contributed by atoms with E-state index in [9.17, 15) is 10.2 Å². The van der Waals surface area contributed by atoms with Crippen molar-refractivity contribution < 1.29 is 10.2 Å². The molecule has 112 valence electrons. The maximum absolute atomic E-state index is 10.1. The number of aryl methyl sites for hydroxylation is 2. The van der Waals surface area contributed by atoms with Crippen molar-refractivity contribution >= 4 is 0 Å². The SMILES string of the molecule is Cc1ccc(C(C)NCc2c(CO)cnc(C)c2O)cc1. The predicted octanol–water partition coefficient (Wildman–Crippen LogP) is 2.75. The highest BCUT2D eigenvalue weighted by Gasteiger charge is 2.13. The number of hydrogen-bond acceptors (Lipinski definition) is 4. The summed E-state index contributed by atoms with van der Waals surface area (Å²) in [4.78, 5) is 4.07. The fourth-order valence-electron chi connectivity index (χ4n) is 2.25. The summed E-state index contributed by atoms with van der Waals surface area (Å²) in [6.45, 7) is 6.25. The number of aromatic nitrogens is 1. The largest absolute Gasteiger partial charge is 0.506 e. The van der Waals surface area contributed by atoms with Crippen LogP contribution < -0.4 is 5.32 Å². The van der Waals surface area contributed by atoms with Gasteiger partial charge in [-0.05, 0) is 26.3 Å². The van der Waals surface area contributed by atoms with Gasteiger partial charge in [0.2, 0.25) is 0 Å². The average Bonchev–Trinajstić information content (AvgIpc) is 2.49. The zero-order valence-electron chi connectivity index (χ0n) is 12.7. The second kappa shape index (κ2) is 6.70. The van der Waals surface area contributed by atoms with E-state index in [1.807, 2.05) is 0 Å². The van der Waals surface area contributed by atoms with Gasteiger partial charge in [-0.25, -0.2) is 0 Å². The first-order chi connectivity index (χ1) is 10.0. The number of nitrogens with one attached hydrogen (secondary N) is 1. The van der Waals surface area contributed by atoms with E-state index in [0.29, 0.717) is 23.4 Å². The van der Waals surface area contributed by atoms with Gasteiger partial charge in [0.1, 0.15) is 5.75 Å². The molecule has 1 atom stereocenters. The van der Waals surface area contributed by atoms with Crippen LogP contribution in [0.4, 0.5) is 0 Å². The molecule has 0 fully saturated rings. The Bertz CT molecular complexity index is 609. The smallest absolute Gasteiger partial charge is 0.141 e. The number of pyridine rings is 1. The summed E-state index contributed by atoms with van der Waals surface area (Å²) in [6, 6.07) is 8.52. The van der Waals surface area contributed by atoms with Crippen molar-refractivity contribution in [3.8, 4) is 5.75 Å². The fourth-order valence-corrected chi connectivity index (χ4v) is 2.25. The monoisotopic (exact) mass is 286 g/mol. The maximum Gasteiger partial charge on any atom is 0.141 e. The summed E-state index contributed by atoms with van der Waals surface area (Å²) in [5, 5.41) is 22.9. The molecule has 2 aromatic rings. The van der Waals surface area contributed by atoms with Crippen LogP contribution in [0, 0.1) is 13.8 Å². The molecule has 1 aromatic heterocycles. The Morgan fingerprint density at radius 2 is 1.86 bits per heavy atom. The average molecular weight is 286 g/mol. The van der Waals surface area contributed by atoms with E-state index in [0.717, 1.165) is 0 Å². The number of rotatable bonds is 5. The van der Waals surface area contributed by atoms with Crippen molar-refractivity contribution in [3.63, 3.8) is 0 Å². The van der Waals surface area contributed by atoms with Crippen molar-refractivity contribution in [1.82, 2.24) is 10.3 Å². The first-order valence-corrected chi connectivity index (χ1v) is 7.10. The molecule has 0 aliphatic carbocycles. The van der Waals surface area contributed by atoms with Gasteiger partial charge in [-0.3, -0.25) is 4.98 Å². The summed E-state index contributed by atoms with van der Waals surface area (Å²) in [5.41, 5.74) is 4.37. The van der Waals surface area contributed by atoms with Crippen molar-refractivity contribution in [1.29, 1.82) is 0 Å². The molecule has 4 nitrogen and oxygen atoms in total. The lowest BCUT2D eigenvalue weighted by Gasteiger charge is -2.17. The molecular weight excluding hydrogens is 264 g/mol. The van der Waals surface area contributed by atoms with E-state index in [-0.39, 0.29) is 18.4 Å². The zero-order chi connectivity index (χ0) is 15.4. The van der Waals surface area contributed by atoms with Gasteiger partial charge in [0.05, 0.1) is 12.3 Å². The molecule has 0 aliphatic heterocycles. The van der Waals surface area contributed by atoms with Crippen LogP contribution in [0.15, 0.2) is 30.5 Å². The van der Waals surface area contributed by atoms with Crippen LogP contribution in [0.25, 0.3) is 0 Å². The van der Waals surface area contributed by atoms with Crippen molar-refractivity contribution in [2.24, 2.45) is 0 Å². The highest BCUT2D eigenvalue weighted by molar-refractivity contribution is 5.40. The van der Waals surface area contributed by atoms with E-state index in [1.54, 1.807) is 13.1 Å². The third-order valence-electron chi connectivity index (χ3n) is 3.76. The molecule has 1 unspecified atom stereocenters. The van der Waals surface area contributed by atoms with E-state index in [4.69, 9.17) is 0 Å². The zero-order valence-corrected chi connectivity index (χ0v) is 12.7. The lowest BCUT2D eigenvalue weighted by Crippen LogP contribution is -2.19. The first kappa shape index (κ1) is 15.5. The number of aromatic hydroxyl groups is 1. The minimum absolute atomic E-state index is 0.128. The number of aliphatic hydroxyl groups excluding tert-OH is 1. The Morgan fingerprint density at radius 3 is 2.48 bits per heavy atom. The molecule has 21 heavy (non-hydrogen) atoms. The summed E-state index contributed by atoms with van der Waals surface area (Å²) >= 11 is 0.